The third kappa shape index (κ3) is 6.45. The van der Waals surface area contributed by atoms with Gasteiger partial charge in [-0.1, -0.05) is 34.1 Å². The SMILES string of the molecule is CCCN(CCOc1cccc(Br)c1)CC(N)=NO. The molecule has 0 aliphatic heterocycles. The lowest BCUT2D eigenvalue weighted by molar-refractivity contribution is 0.224. The van der Waals surface area contributed by atoms with Crippen molar-refractivity contribution in [3.8, 4) is 5.75 Å². The second-order valence-electron chi connectivity index (χ2n) is 4.17. The lowest BCUT2D eigenvalue weighted by Gasteiger charge is -2.20. The number of rotatable bonds is 8. The van der Waals surface area contributed by atoms with E-state index in [2.05, 4.69) is 32.9 Å². The normalized spacial score (nSPS) is 11.8. The summed E-state index contributed by atoms with van der Waals surface area (Å²) in [5.74, 6) is 1.05. The summed E-state index contributed by atoms with van der Waals surface area (Å²) >= 11 is 3.40. The van der Waals surface area contributed by atoms with Gasteiger partial charge in [0, 0.05) is 11.0 Å². The van der Waals surface area contributed by atoms with Crippen LogP contribution in [0.5, 0.6) is 5.75 Å². The highest BCUT2D eigenvalue weighted by atomic mass is 79.9. The fourth-order valence-electron chi connectivity index (χ4n) is 1.70. The lowest BCUT2D eigenvalue weighted by atomic mass is 10.3. The van der Waals surface area contributed by atoms with Gasteiger partial charge >= 0.3 is 0 Å². The molecule has 0 radical (unpaired) electrons. The summed E-state index contributed by atoms with van der Waals surface area (Å²) < 4.78 is 6.66. The third-order valence-electron chi connectivity index (χ3n) is 2.53. The molecule has 0 spiro atoms. The molecule has 19 heavy (non-hydrogen) atoms. The first-order chi connectivity index (χ1) is 9.15. The Hall–Kier alpha value is -1.27. The molecule has 106 valence electrons. The molecule has 0 heterocycles. The van der Waals surface area contributed by atoms with Gasteiger partial charge in [0.2, 0.25) is 0 Å². The van der Waals surface area contributed by atoms with Crippen molar-refractivity contribution in [1.29, 1.82) is 0 Å². The van der Waals surface area contributed by atoms with E-state index in [0.29, 0.717) is 13.2 Å². The molecule has 6 heteroatoms. The molecule has 0 unspecified atom stereocenters. The zero-order valence-electron chi connectivity index (χ0n) is 11.1. The van der Waals surface area contributed by atoms with Gasteiger partial charge < -0.3 is 15.7 Å². The highest BCUT2D eigenvalue weighted by Crippen LogP contribution is 2.17. The van der Waals surface area contributed by atoms with Gasteiger partial charge in [-0.05, 0) is 31.2 Å². The molecule has 1 aromatic carbocycles. The molecular formula is C13H20BrN3O2. The van der Waals surface area contributed by atoms with Crippen molar-refractivity contribution in [2.45, 2.75) is 13.3 Å². The van der Waals surface area contributed by atoms with Crippen LogP contribution in [0.15, 0.2) is 33.9 Å². The molecule has 5 nitrogen and oxygen atoms in total. The van der Waals surface area contributed by atoms with Gasteiger partial charge in [-0.25, -0.2) is 0 Å². The predicted octanol–water partition coefficient (Wildman–Crippen LogP) is 2.29. The number of amidine groups is 1. The second kappa shape index (κ2) is 8.77. The summed E-state index contributed by atoms with van der Waals surface area (Å²) in [7, 11) is 0. The molecular weight excluding hydrogens is 310 g/mol. The van der Waals surface area contributed by atoms with Crippen LogP contribution in [0.4, 0.5) is 0 Å². The number of oxime groups is 1. The van der Waals surface area contributed by atoms with Gasteiger partial charge in [0.25, 0.3) is 0 Å². The third-order valence-corrected chi connectivity index (χ3v) is 3.02. The average molecular weight is 330 g/mol. The zero-order valence-corrected chi connectivity index (χ0v) is 12.6. The van der Waals surface area contributed by atoms with E-state index >= 15 is 0 Å². The minimum atomic E-state index is 0.218. The van der Waals surface area contributed by atoms with Crippen molar-refractivity contribution in [2.75, 3.05) is 26.2 Å². The maximum atomic E-state index is 8.59. The molecule has 0 fully saturated rings. The molecule has 0 aliphatic carbocycles. The Morgan fingerprint density at radius 1 is 1.47 bits per heavy atom. The Kier molecular flexibility index (Phi) is 7.28. The van der Waals surface area contributed by atoms with Crippen LogP contribution in [0, 0.1) is 0 Å². The number of benzene rings is 1. The topological polar surface area (TPSA) is 71.1 Å². The van der Waals surface area contributed by atoms with Gasteiger partial charge in [0.15, 0.2) is 5.84 Å². The van der Waals surface area contributed by atoms with Crippen LogP contribution in [0.25, 0.3) is 0 Å². The molecule has 0 saturated carbocycles. The van der Waals surface area contributed by atoms with Crippen molar-refractivity contribution in [2.24, 2.45) is 10.9 Å². The maximum Gasteiger partial charge on any atom is 0.153 e. The molecule has 0 aliphatic rings. The first-order valence-electron chi connectivity index (χ1n) is 6.22. The number of hydrogen-bond donors (Lipinski definition) is 2. The largest absolute Gasteiger partial charge is 0.492 e. The quantitative estimate of drug-likeness (QED) is 0.332. The predicted molar refractivity (Wildman–Crippen MR) is 79.8 cm³/mol. The van der Waals surface area contributed by atoms with Crippen molar-refractivity contribution >= 4 is 21.8 Å². The van der Waals surface area contributed by atoms with Gasteiger partial charge in [0.1, 0.15) is 12.4 Å². The average Bonchev–Trinajstić information content (AvgIpc) is 2.39. The molecule has 1 rings (SSSR count). The molecule has 0 bridgehead atoms. The number of nitrogens with two attached hydrogens (primary N) is 1. The summed E-state index contributed by atoms with van der Waals surface area (Å²) in [6.45, 7) is 4.73. The van der Waals surface area contributed by atoms with Gasteiger partial charge in [0.05, 0.1) is 6.54 Å². The number of ether oxygens (including phenoxy) is 1. The van der Waals surface area contributed by atoms with Crippen molar-refractivity contribution in [1.82, 2.24) is 4.90 Å². The van der Waals surface area contributed by atoms with E-state index in [4.69, 9.17) is 15.7 Å². The minimum absolute atomic E-state index is 0.218. The van der Waals surface area contributed by atoms with Crippen molar-refractivity contribution < 1.29 is 9.94 Å². The summed E-state index contributed by atoms with van der Waals surface area (Å²) in [5, 5.41) is 11.6. The van der Waals surface area contributed by atoms with Crippen LogP contribution in [0.3, 0.4) is 0 Å². The summed E-state index contributed by atoms with van der Waals surface area (Å²) in [6.07, 6.45) is 1.01. The van der Waals surface area contributed by atoms with Crippen LogP contribution < -0.4 is 10.5 Å². The molecule has 1 aromatic rings. The fourth-order valence-corrected chi connectivity index (χ4v) is 2.07. The van der Waals surface area contributed by atoms with Gasteiger partial charge in [-0.15, -0.1) is 0 Å². The van der Waals surface area contributed by atoms with Crippen LogP contribution in [-0.4, -0.2) is 42.2 Å². The summed E-state index contributed by atoms with van der Waals surface area (Å²) in [6, 6.07) is 7.72. The Balaban J connectivity index is 2.39. The fraction of sp³-hybridized carbons (Fsp3) is 0.462. The molecule has 0 atom stereocenters. The molecule has 0 amide bonds. The van der Waals surface area contributed by atoms with E-state index < -0.39 is 0 Å². The zero-order chi connectivity index (χ0) is 14.1. The molecule has 0 aromatic heterocycles. The van der Waals surface area contributed by atoms with Gasteiger partial charge in [-0.3, -0.25) is 4.90 Å². The van der Waals surface area contributed by atoms with Gasteiger partial charge in [-0.2, -0.15) is 0 Å². The smallest absolute Gasteiger partial charge is 0.153 e. The highest BCUT2D eigenvalue weighted by Gasteiger charge is 2.06. The highest BCUT2D eigenvalue weighted by molar-refractivity contribution is 9.10. The van der Waals surface area contributed by atoms with Crippen LogP contribution in [0.1, 0.15) is 13.3 Å². The first-order valence-corrected chi connectivity index (χ1v) is 7.02. The summed E-state index contributed by atoms with van der Waals surface area (Å²) in [5.41, 5.74) is 5.52. The maximum absolute atomic E-state index is 8.59. The van der Waals surface area contributed by atoms with E-state index in [-0.39, 0.29) is 5.84 Å². The Morgan fingerprint density at radius 3 is 2.89 bits per heavy atom. The lowest BCUT2D eigenvalue weighted by Crippen LogP contribution is -2.37. The van der Waals surface area contributed by atoms with E-state index in [0.717, 1.165) is 29.7 Å². The molecule has 3 N–H and O–H groups in total. The van der Waals surface area contributed by atoms with Crippen molar-refractivity contribution in [3.05, 3.63) is 28.7 Å². The molecule has 0 saturated heterocycles. The van der Waals surface area contributed by atoms with Crippen LogP contribution in [0.2, 0.25) is 0 Å². The van der Waals surface area contributed by atoms with Crippen LogP contribution in [-0.2, 0) is 0 Å². The number of halogens is 1. The number of nitrogens with zero attached hydrogens (tertiary/aromatic N) is 2. The van der Waals surface area contributed by atoms with E-state index in [9.17, 15) is 0 Å². The van der Waals surface area contributed by atoms with Crippen LogP contribution >= 0.6 is 15.9 Å². The van der Waals surface area contributed by atoms with Crippen molar-refractivity contribution in [3.63, 3.8) is 0 Å². The summed E-state index contributed by atoms with van der Waals surface area (Å²) in [4.78, 5) is 2.09. The Morgan fingerprint density at radius 2 is 2.26 bits per heavy atom. The Labute approximate surface area is 122 Å². The second-order valence-corrected chi connectivity index (χ2v) is 5.09. The van der Waals surface area contributed by atoms with E-state index in [1.807, 2.05) is 24.3 Å². The minimum Gasteiger partial charge on any atom is -0.492 e. The van der Waals surface area contributed by atoms with E-state index in [1.54, 1.807) is 0 Å². The first kappa shape index (κ1) is 15.8. The monoisotopic (exact) mass is 329 g/mol. The number of hydrogen-bond acceptors (Lipinski definition) is 4. The standard InChI is InChI=1S/C13H20BrN3O2/c1-2-6-17(10-13(15)16-18)7-8-19-12-5-3-4-11(14)9-12/h3-5,9,18H,2,6-8,10H2,1H3,(H2,15,16). The van der Waals surface area contributed by atoms with E-state index in [1.165, 1.54) is 0 Å². The Bertz CT molecular complexity index is 413.